The highest BCUT2D eigenvalue weighted by atomic mass is 127. The van der Waals surface area contributed by atoms with Gasteiger partial charge in [0.25, 0.3) is 0 Å². The molecule has 0 unspecified atom stereocenters. The number of methoxy groups -OCH3 is 1. The lowest BCUT2D eigenvalue weighted by Crippen LogP contribution is -2.04. The quantitative estimate of drug-likeness (QED) is 0.423. The molecule has 0 fully saturated rings. The number of rotatable bonds is 2. The standard InChI is InChI=1S/C9H6I2O3/c1-14-9(13)5-2-7(10)6(4-12)8(11)3-5/h2-4H,1H3. The van der Waals surface area contributed by atoms with Crippen molar-refractivity contribution in [2.75, 3.05) is 7.11 Å². The van der Waals surface area contributed by atoms with Crippen LogP contribution >= 0.6 is 45.2 Å². The Morgan fingerprint density at radius 2 is 1.86 bits per heavy atom. The highest BCUT2D eigenvalue weighted by Crippen LogP contribution is 2.20. The number of carbonyl (C=O) groups is 2. The van der Waals surface area contributed by atoms with Gasteiger partial charge in [-0.25, -0.2) is 4.79 Å². The summed E-state index contributed by atoms with van der Waals surface area (Å²) < 4.78 is 6.09. The molecule has 0 heterocycles. The largest absolute Gasteiger partial charge is 0.465 e. The number of halogens is 2. The van der Waals surface area contributed by atoms with E-state index in [0.717, 1.165) is 13.4 Å². The molecular formula is C9H6I2O3. The van der Waals surface area contributed by atoms with E-state index in [9.17, 15) is 9.59 Å². The Labute approximate surface area is 108 Å². The van der Waals surface area contributed by atoms with E-state index in [4.69, 9.17) is 0 Å². The monoisotopic (exact) mass is 416 g/mol. The van der Waals surface area contributed by atoms with Crippen molar-refractivity contribution < 1.29 is 14.3 Å². The molecule has 0 saturated carbocycles. The van der Waals surface area contributed by atoms with Gasteiger partial charge in [0.2, 0.25) is 0 Å². The predicted octanol–water partition coefficient (Wildman–Crippen LogP) is 2.49. The molecule has 0 bridgehead atoms. The number of carbonyl (C=O) groups excluding carboxylic acids is 2. The molecule has 0 atom stereocenters. The molecule has 14 heavy (non-hydrogen) atoms. The SMILES string of the molecule is COC(=O)c1cc(I)c(C=O)c(I)c1. The van der Waals surface area contributed by atoms with Crippen LogP contribution in [-0.4, -0.2) is 19.4 Å². The van der Waals surface area contributed by atoms with Crippen molar-refractivity contribution in [2.45, 2.75) is 0 Å². The molecule has 0 aliphatic heterocycles. The summed E-state index contributed by atoms with van der Waals surface area (Å²) >= 11 is 4.03. The van der Waals surface area contributed by atoms with Crippen LogP contribution in [0.4, 0.5) is 0 Å². The molecule has 0 aliphatic carbocycles. The number of esters is 1. The van der Waals surface area contributed by atoms with Crippen LogP contribution in [0.5, 0.6) is 0 Å². The van der Waals surface area contributed by atoms with Crippen molar-refractivity contribution in [1.82, 2.24) is 0 Å². The summed E-state index contributed by atoms with van der Waals surface area (Å²) in [5, 5.41) is 0. The number of hydrogen-bond donors (Lipinski definition) is 0. The Kier molecular flexibility index (Phi) is 4.30. The van der Waals surface area contributed by atoms with E-state index in [1.165, 1.54) is 7.11 Å². The van der Waals surface area contributed by atoms with Gasteiger partial charge in [0.05, 0.1) is 12.7 Å². The minimum atomic E-state index is -0.390. The second kappa shape index (κ2) is 5.06. The van der Waals surface area contributed by atoms with Gasteiger partial charge >= 0.3 is 5.97 Å². The third-order valence-corrected chi connectivity index (χ3v) is 3.40. The highest BCUT2D eigenvalue weighted by Gasteiger charge is 2.11. The fourth-order valence-electron chi connectivity index (χ4n) is 0.933. The lowest BCUT2D eigenvalue weighted by molar-refractivity contribution is 0.0600. The van der Waals surface area contributed by atoms with Gasteiger partial charge < -0.3 is 4.74 Å². The molecule has 0 amide bonds. The average molecular weight is 416 g/mol. The maximum Gasteiger partial charge on any atom is 0.337 e. The summed E-state index contributed by atoms with van der Waals surface area (Å²) in [6.07, 6.45) is 0.782. The third kappa shape index (κ3) is 2.44. The molecule has 0 spiro atoms. The minimum absolute atomic E-state index is 0.390. The zero-order valence-electron chi connectivity index (χ0n) is 7.21. The summed E-state index contributed by atoms with van der Waals surface area (Å²) in [6, 6.07) is 3.27. The van der Waals surface area contributed by atoms with Gasteiger partial charge in [-0.05, 0) is 57.3 Å². The Morgan fingerprint density at radius 3 is 2.21 bits per heavy atom. The average Bonchev–Trinajstić information content (AvgIpc) is 2.16. The zero-order chi connectivity index (χ0) is 10.7. The lowest BCUT2D eigenvalue weighted by Gasteiger charge is -2.04. The molecule has 0 saturated heterocycles. The number of aldehydes is 1. The van der Waals surface area contributed by atoms with Crippen molar-refractivity contribution in [1.29, 1.82) is 0 Å². The first-order valence-electron chi connectivity index (χ1n) is 3.62. The molecule has 0 aromatic heterocycles. The van der Waals surface area contributed by atoms with Crippen molar-refractivity contribution in [3.63, 3.8) is 0 Å². The van der Waals surface area contributed by atoms with Crippen molar-refractivity contribution in [3.05, 3.63) is 30.4 Å². The van der Waals surface area contributed by atoms with Crippen molar-refractivity contribution in [3.8, 4) is 0 Å². The second-order valence-corrected chi connectivity index (χ2v) is 4.79. The molecule has 1 rings (SSSR count). The summed E-state index contributed by atoms with van der Waals surface area (Å²) in [5.74, 6) is -0.390. The van der Waals surface area contributed by atoms with Gasteiger partial charge in [-0.2, -0.15) is 0 Å². The van der Waals surface area contributed by atoms with E-state index in [0.29, 0.717) is 11.1 Å². The van der Waals surface area contributed by atoms with Crippen LogP contribution in [-0.2, 0) is 4.74 Å². The van der Waals surface area contributed by atoms with Crippen LogP contribution in [0.25, 0.3) is 0 Å². The summed E-state index contributed by atoms with van der Waals surface area (Å²) in [5.41, 5.74) is 1.07. The van der Waals surface area contributed by atoms with E-state index in [-0.39, 0.29) is 0 Å². The summed E-state index contributed by atoms with van der Waals surface area (Å²) in [4.78, 5) is 21.9. The first-order chi connectivity index (χ1) is 6.60. The van der Waals surface area contributed by atoms with E-state index in [1.807, 2.05) is 45.2 Å². The van der Waals surface area contributed by atoms with Crippen LogP contribution in [0.2, 0.25) is 0 Å². The third-order valence-electron chi connectivity index (χ3n) is 1.62. The minimum Gasteiger partial charge on any atom is -0.465 e. The van der Waals surface area contributed by atoms with E-state index >= 15 is 0 Å². The zero-order valence-corrected chi connectivity index (χ0v) is 11.5. The number of ether oxygens (including phenoxy) is 1. The molecule has 3 nitrogen and oxygen atoms in total. The lowest BCUT2D eigenvalue weighted by atomic mass is 10.1. The Morgan fingerprint density at radius 1 is 1.36 bits per heavy atom. The topological polar surface area (TPSA) is 43.4 Å². The van der Waals surface area contributed by atoms with Gasteiger partial charge in [-0.15, -0.1) is 0 Å². The molecule has 0 N–H and O–H groups in total. The molecular weight excluding hydrogens is 410 g/mol. The first-order valence-corrected chi connectivity index (χ1v) is 5.78. The van der Waals surface area contributed by atoms with Crippen LogP contribution in [0.3, 0.4) is 0 Å². The first kappa shape index (κ1) is 11.9. The fraction of sp³-hybridized carbons (Fsp3) is 0.111. The fourth-order valence-corrected chi connectivity index (χ4v) is 2.95. The van der Waals surface area contributed by atoms with Crippen molar-refractivity contribution in [2.24, 2.45) is 0 Å². The van der Waals surface area contributed by atoms with Crippen LogP contribution in [0.1, 0.15) is 20.7 Å². The maximum atomic E-state index is 11.2. The molecule has 1 aromatic carbocycles. The Hall–Kier alpha value is -0.180. The van der Waals surface area contributed by atoms with Gasteiger partial charge in [0.1, 0.15) is 0 Å². The van der Waals surface area contributed by atoms with Crippen LogP contribution in [0, 0.1) is 7.14 Å². The highest BCUT2D eigenvalue weighted by molar-refractivity contribution is 14.1. The Bertz CT molecular complexity index is 365. The Balaban J connectivity index is 3.27. The van der Waals surface area contributed by atoms with E-state index < -0.39 is 5.97 Å². The molecule has 5 heteroatoms. The van der Waals surface area contributed by atoms with Crippen LogP contribution < -0.4 is 0 Å². The molecule has 1 aromatic rings. The summed E-state index contributed by atoms with van der Waals surface area (Å²) in [6.45, 7) is 0. The molecule has 0 radical (unpaired) electrons. The summed E-state index contributed by atoms with van der Waals surface area (Å²) in [7, 11) is 1.33. The van der Waals surface area contributed by atoms with Crippen molar-refractivity contribution >= 4 is 57.4 Å². The predicted molar refractivity (Wildman–Crippen MR) is 68.6 cm³/mol. The second-order valence-electron chi connectivity index (χ2n) is 2.46. The van der Waals surface area contributed by atoms with Crippen LogP contribution in [0.15, 0.2) is 12.1 Å². The molecule has 74 valence electrons. The molecule has 0 aliphatic rings. The van der Waals surface area contributed by atoms with E-state index in [2.05, 4.69) is 4.74 Å². The maximum absolute atomic E-state index is 11.2. The van der Waals surface area contributed by atoms with Gasteiger partial charge in [-0.3, -0.25) is 4.79 Å². The van der Waals surface area contributed by atoms with Gasteiger partial charge in [0.15, 0.2) is 6.29 Å². The van der Waals surface area contributed by atoms with Gasteiger partial charge in [0, 0.05) is 12.7 Å². The van der Waals surface area contributed by atoms with E-state index in [1.54, 1.807) is 12.1 Å². The van der Waals surface area contributed by atoms with Gasteiger partial charge in [-0.1, -0.05) is 0 Å². The number of hydrogen-bond acceptors (Lipinski definition) is 3. The normalized spacial score (nSPS) is 9.64. The smallest absolute Gasteiger partial charge is 0.337 e. The number of benzene rings is 1.